The van der Waals surface area contributed by atoms with Gasteiger partial charge in [-0.25, -0.2) is 9.67 Å². The lowest BCUT2D eigenvalue weighted by Crippen LogP contribution is -1.94. The van der Waals surface area contributed by atoms with Gasteiger partial charge in [0.05, 0.1) is 5.39 Å². The lowest BCUT2D eigenvalue weighted by Gasteiger charge is -2.06. The number of aryl methyl sites for hydroxylation is 2. The van der Waals surface area contributed by atoms with E-state index in [-0.39, 0.29) is 0 Å². The number of nitrogen functional groups attached to an aromatic ring is 2. The van der Waals surface area contributed by atoms with Gasteiger partial charge in [0.1, 0.15) is 0 Å². The number of pyridine rings is 1. The highest BCUT2D eigenvalue weighted by atomic mass is 15.3. The molecule has 0 amide bonds. The van der Waals surface area contributed by atoms with Crippen molar-refractivity contribution in [3.8, 4) is 11.1 Å². The molecule has 0 saturated carbocycles. The van der Waals surface area contributed by atoms with Crippen molar-refractivity contribution < 1.29 is 0 Å². The monoisotopic (exact) mass is 253 g/mol. The van der Waals surface area contributed by atoms with Crippen LogP contribution in [0.5, 0.6) is 0 Å². The van der Waals surface area contributed by atoms with E-state index in [1.807, 2.05) is 44.3 Å². The molecule has 19 heavy (non-hydrogen) atoms. The van der Waals surface area contributed by atoms with E-state index in [9.17, 15) is 0 Å². The number of nitrogens with zero attached hydrogens (tertiary/aromatic N) is 3. The normalized spacial score (nSPS) is 11.1. The Hall–Kier alpha value is -2.56. The molecule has 0 aliphatic rings. The second-order valence-corrected chi connectivity index (χ2v) is 4.64. The molecular formula is C14H15N5. The lowest BCUT2D eigenvalue weighted by atomic mass is 10.0. The van der Waals surface area contributed by atoms with Crippen molar-refractivity contribution in [3.63, 3.8) is 0 Å². The molecule has 5 heteroatoms. The van der Waals surface area contributed by atoms with Crippen LogP contribution >= 0.6 is 0 Å². The molecule has 0 fully saturated rings. The Morgan fingerprint density at radius 3 is 2.47 bits per heavy atom. The van der Waals surface area contributed by atoms with Crippen LogP contribution in [0.15, 0.2) is 30.3 Å². The molecule has 0 aliphatic carbocycles. The average Bonchev–Trinajstić information content (AvgIpc) is 2.65. The van der Waals surface area contributed by atoms with Crippen LogP contribution in [0.2, 0.25) is 0 Å². The summed E-state index contributed by atoms with van der Waals surface area (Å²) in [5.74, 6) is 0.497. The standard InChI is InChI=1S/C14H15N5/c1-8-7-11(9-3-5-10(15)6-4-9)12-13(16)18-19(2)14(12)17-8/h3-7H,15H2,1-2H3,(H2,16,18). The summed E-state index contributed by atoms with van der Waals surface area (Å²) in [6.45, 7) is 1.96. The van der Waals surface area contributed by atoms with Crippen molar-refractivity contribution in [3.05, 3.63) is 36.0 Å². The highest BCUT2D eigenvalue weighted by Crippen LogP contribution is 2.32. The smallest absolute Gasteiger partial charge is 0.160 e. The molecule has 4 N–H and O–H groups in total. The molecule has 0 unspecified atom stereocenters. The summed E-state index contributed by atoms with van der Waals surface area (Å²) in [6, 6.07) is 9.74. The molecule has 3 aromatic rings. The molecule has 2 aromatic heterocycles. The van der Waals surface area contributed by atoms with E-state index >= 15 is 0 Å². The van der Waals surface area contributed by atoms with E-state index in [4.69, 9.17) is 11.5 Å². The van der Waals surface area contributed by atoms with Gasteiger partial charge < -0.3 is 11.5 Å². The maximum Gasteiger partial charge on any atom is 0.160 e. The molecule has 3 rings (SSSR count). The first kappa shape index (κ1) is 11.5. The third-order valence-corrected chi connectivity index (χ3v) is 3.17. The summed E-state index contributed by atoms with van der Waals surface area (Å²) >= 11 is 0. The first-order valence-corrected chi connectivity index (χ1v) is 6.02. The number of nitrogens with two attached hydrogens (primary N) is 2. The number of rotatable bonds is 1. The molecule has 0 radical (unpaired) electrons. The molecular weight excluding hydrogens is 238 g/mol. The molecule has 0 spiro atoms. The topological polar surface area (TPSA) is 82.8 Å². The van der Waals surface area contributed by atoms with Crippen LogP contribution in [0.1, 0.15) is 5.69 Å². The van der Waals surface area contributed by atoms with Gasteiger partial charge in [-0.2, -0.15) is 5.10 Å². The molecule has 0 atom stereocenters. The Bertz CT molecular complexity index is 756. The van der Waals surface area contributed by atoms with Crippen molar-refractivity contribution in [1.82, 2.24) is 14.8 Å². The summed E-state index contributed by atoms with van der Waals surface area (Å²) in [7, 11) is 1.85. The molecule has 0 aliphatic heterocycles. The van der Waals surface area contributed by atoms with Crippen LogP contribution in [0.25, 0.3) is 22.2 Å². The Morgan fingerprint density at radius 1 is 1.11 bits per heavy atom. The van der Waals surface area contributed by atoms with Gasteiger partial charge in [0, 0.05) is 18.4 Å². The fourth-order valence-corrected chi connectivity index (χ4v) is 2.29. The van der Waals surface area contributed by atoms with Crippen molar-refractivity contribution >= 4 is 22.5 Å². The highest BCUT2D eigenvalue weighted by Gasteiger charge is 2.14. The first-order chi connectivity index (χ1) is 9.06. The number of anilines is 2. The summed E-state index contributed by atoms with van der Waals surface area (Å²) < 4.78 is 1.71. The summed E-state index contributed by atoms with van der Waals surface area (Å²) in [4.78, 5) is 4.50. The SMILES string of the molecule is Cc1cc(-c2ccc(N)cc2)c2c(N)nn(C)c2n1. The minimum atomic E-state index is 0.497. The average molecular weight is 253 g/mol. The van der Waals surface area contributed by atoms with Gasteiger partial charge in [0.15, 0.2) is 11.5 Å². The largest absolute Gasteiger partial charge is 0.399 e. The summed E-state index contributed by atoms with van der Waals surface area (Å²) in [5.41, 5.74) is 16.3. The van der Waals surface area contributed by atoms with Crippen LogP contribution in [0.3, 0.4) is 0 Å². The van der Waals surface area contributed by atoms with E-state index in [0.29, 0.717) is 5.82 Å². The van der Waals surface area contributed by atoms with E-state index in [2.05, 4.69) is 10.1 Å². The molecule has 1 aromatic carbocycles. The van der Waals surface area contributed by atoms with Gasteiger partial charge in [-0.1, -0.05) is 12.1 Å². The maximum absolute atomic E-state index is 6.00. The number of aromatic nitrogens is 3. The second-order valence-electron chi connectivity index (χ2n) is 4.64. The van der Waals surface area contributed by atoms with E-state index in [1.54, 1.807) is 4.68 Å². The minimum Gasteiger partial charge on any atom is -0.399 e. The molecule has 96 valence electrons. The van der Waals surface area contributed by atoms with E-state index in [1.165, 1.54) is 0 Å². The molecule has 0 bridgehead atoms. The zero-order chi connectivity index (χ0) is 13.6. The van der Waals surface area contributed by atoms with Gasteiger partial charge in [-0.3, -0.25) is 0 Å². The van der Waals surface area contributed by atoms with Gasteiger partial charge in [-0.05, 0) is 36.2 Å². The molecule has 2 heterocycles. The number of hydrogen-bond acceptors (Lipinski definition) is 4. The summed E-state index contributed by atoms with van der Waals surface area (Å²) in [5, 5.41) is 5.13. The number of fused-ring (bicyclic) bond motifs is 1. The van der Waals surface area contributed by atoms with E-state index in [0.717, 1.165) is 33.5 Å². The zero-order valence-electron chi connectivity index (χ0n) is 10.9. The minimum absolute atomic E-state index is 0.497. The van der Waals surface area contributed by atoms with Crippen molar-refractivity contribution in [2.75, 3.05) is 11.5 Å². The molecule has 0 saturated heterocycles. The van der Waals surface area contributed by atoms with Crippen molar-refractivity contribution in [2.24, 2.45) is 7.05 Å². The zero-order valence-corrected chi connectivity index (χ0v) is 10.9. The Labute approximate surface area is 110 Å². The maximum atomic E-state index is 6.00. The van der Waals surface area contributed by atoms with Gasteiger partial charge >= 0.3 is 0 Å². The van der Waals surface area contributed by atoms with Gasteiger partial charge in [0.2, 0.25) is 0 Å². The van der Waals surface area contributed by atoms with Crippen LogP contribution in [0, 0.1) is 6.92 Å². The Balaban J connectivity index is 2.36. The van der Waals surface area contributed by atoms with Crippen LogP contribution in [-0.2, 0) is 7.05 Å². The fraction of sp³-hybridized carbons (Fsp3) is 0.143. The lowest BCUT2D eigenvalue weighted by molar-refractivity contribution is 0.789. The Morgan fingerprint density at radius 2 is 1.79 bits per heavy atom. The van der Waals surface area contributed by atoms with Gasteiger partial charge in [-0.15, -0.1) is 0 Å². The quantitative estimate of drug-likeness (QED) is 0.651. The van der Waals surface area contributed by atoms with E-state index < -0.39 is 0 Å². The van der Waals surface area contributed by atoms with Crippen LogP contribution < -0.4 is 11.5 Å². The number of hydrogen-bond donors (Lipinski definition) is 2. The van der Waals surface area contributed by atoms with Gasteiger partial charge in [0.25, 0.3) is 0 Å². The van der Waals surface area contributed by atoms with Crippen LogP contribution in [0.4, 0.5) is 11.5 Å². The third kappa shape index (κ3) is 1.79. The van der Waals surface area contributed by atoms with Crippen LogP contribution in [-0.4, -0.2) is 14.8 Å². The second kappa shape index (κ2) is 3.98. The predicted molar refractivity (Wildman–Crippen MR) is 77.5 cm³/mol. The third-order valence-electron chi connectivity index (χ3n) is 3.17. The summed E-state index contributed by atoms with van der Waals surface area (Å²) in [6.07, 6.45) is 0. The molecule has 5 nitrogen and oxygen atoms in total. The predicted octanol–water partition coefficient (Wildman–Crippen LogP) is 2.11. The fourth-order valence-electron chi connectivity index (χ4n) is 2.29. The Kier molecular flexibility index (Phi) is 2.41. The number of benzene rings is 1. The first-order valence-electron chi connectivity index (χ1n) is 6.02. The van der Waals surface area contributed by atoms with Crippen molar-refractivity contribution in [2.45, 2.75) is 6.92 Å². The van der Waals surface area contributed by atoms with Crippen molar-refractivity contribution in [1.29, 1.82) is 0 Å². The highest BCUT2D eigenvalue weighted by molar-refractivity contribution is 6.00.